The number of aromatic nitrogens is 15. The first-order valence-corrected chi connectivity index (χ1v) is 42.5. The summed E-state index contributed by atoms with van der Waals surface area (Å²) in [5, 5.41) is 57.7. The molecule has 20 aromatic rings. The van der Waals surface area contributed by atoms with Crippen molar-refractivity contribution >= 4 is 118 Å². The molecule has 15 heterocycles. The van der Waals surface area contributed by atoms with Crippen molar-refractivity contribution in [2.45, 2.75) is 62.3 Å². The van der Waals surface area contributed by atoms with Gasteiger partial charge in [-0.25, -0.2) is 49.8 Å². The third-order valence-corrected chi connectivity index (χ3v) is 24.8. The Morgan fingerprint density at radius 3 is 0.938 bits per heavy atom. The van der Waals surface area contributed by atoms with Gasteiger partial charge in [0.25, 0.3) is 0 Å². The maximum Gasteiger partial charge on any atom is 0.183 e. The van der Waals surface area contributed by atoms with Gasteiger partial charge < -0.3 is 37.5 Å². The van der Waals surface area contributed by atoms with E-state index >= 15 is 0 Å². The lowest BCUT2D eigenvalue weighted by atomic mass is 10.0. The molecule has 0 aliphatic rings. The molecular weight excluding hydrogens is 1670 g/mol. The number of hydrogen-bond acceptors (Lipinski definition) is 30. The standard InChI is InChI=1S/C21H17N5O.C20H15N5O.C20H15N5S.2C19H13N5S/c1-11-12(2)20(27-13(11)3)19-18(25-17(10-22)21(23)26-19)15-6-7-16-14(9-15)5-4-8-24-16;2*1-11-10-26-19(12(11)2)18-17(24-16(9-21)20(22)25-18)14-5-6-15-13(8-14)4-3-7-23-15;1-11-6-8-25-18(11)17-16(23-15(10-20)19(21)24-17)13-4-5-14-12(9-13)3-2-7-22-14;1-11-7-16(25-10-11)18-17(23-15(9-20)19(21)24-18)13-4-5-14-12(8-13)3-2-6-22-14/h4-9H,1-3H3,(H2,23,26);2*3-8,10H,1-2H3,(H2,22,25);2-9H,1H3,(H2,21,24);2-8,10H,1H3,(H2,21,24). The van der Waals surface area contributed by atoms with Gasteiger partial charge in [-0.3, -0.25) is 24.9 Å². The second-order valence-electron chi connectivity index (χ2n) is 29.8. The number of anilines is 5. The predicted octanol–water partition coefficient (Wildman–Crippen LogP) is 21.2. The summed E-state index contributed by atoms with van der Waals surface area (Å²) in [7, 11) is 0. The summed E-state index contributed by atoms with van der Waals surface area (Å²) in [6.45, 7) is 18.0. The molecule has 129 heavy (non-hydrogen) atoms. The molecule has 0 amide bonds. The van der Waals surface area contributed by atoms with Gasteiger partial charge in [-0.05, 0) is 221 Å². The third kappa shape index (κ3) is 17.4. The first-order valence-electron chi connectivity index (χ1n) is 39.9. The molecule has 15 aromatic heterocycles. The number of pyridine rings is 5. The molecule has 0 atom stereocenters. The fourth-order valence-corrected chi connectivity index (χ4v) is 17.1. The van der Waals surface area contributed by atoms with Crippen LogP contribution < -0.4 is 28.7 Å². The summed E-state index contributed by atoms with van der Waals surface area (Å²) >= 11 is 4.78. The number of thiophene rings is 3. The average Bonchev–Trinajstić information content (AvgIpc) is 1.79. The fourth-order valence-electron chi connectivity index (χ4n) is 14.2. The average molecular weight is 1740 g/mol. The van der Waals surface area contributed by atoms with Gasteiger partial charge in [0, 0.05) is 91.3 Å². The second kappa shape index (κ2) is 36.6. The number of nitrogens with zero attached hydrogens (tertiary/aromatic N) is 20. The summed E-state index contributed by atoms with van der Waals surface area (Å²) in [6, 6.07) is 62.9. The largest absolute Gasteiger partial charge is 0.462 e. The summed E-state index contributed by atoms with van der Waals surface area (Å²) in [5.41, 5.74) is 53.9. The highest BCUT2D eigenvalue weighted by Crippen LogP contribution is 2.43. The Hall–Kier alpha value is -17.3. The van der Waals surface area contributed by atoms with Crippen LogP contribution in [-0.2, 0) is 0 Å². The minimum Gasteiger partial charge on any atom is -0.462 e. The number of furan rings is 2. The van der Waals surface area contributed by atoms with Crippen molar-refractivity contribution in [2.24, 2.45) is 0 Å². The van der Waals surface area contributed by atoms with Crippen molar-refractivity contribution in [1.82, 2.24) is 74.8 Å². The zero-order valence-electron chi connectivity index (χ0n) is 70.7. The summed E-state index contributed by atoms with van der Waals surface area (Å²) in [6.07, 6.45) is 10.5. The molecule has 0 aliphatic heterocycles. The van der Waals surface area contributed by atoms with Crippen LogP contribution in [0.5, 0.6) is 0 Å². The smallest absolute Gasteiger partial charge is 0.183 e. The molecule has 0 aliphatic carbocycles. The summed E-state index contributed by atoms with van der Waals surface area (Å²) in [5.74, 6) is 2.67. The molecule has 0 saturated carbocycles. The number of fused-ring (bicyclic) bond motifs is 5. The predicted molar refractivity (Wildman–Crippen MR) is 507 cm³/mol. The maximum atomic E-state index is 9.36. The van der Waals surface area contributed by atoms with E-state index in [2.05, 4.69) is 99.4 Å². The lowest BCUT2D eigenvalue weighted by Gasteiger charge is -2.11. The normalized spacial score (nSPS) is 10.8. The Morgan fingerprint density at radius 1 is 0.295 bits per heavy atom. The van der Waals surface area contributed by atoms with E-state index in [0.717, 1.165) is 142 Å². The van der Waals surface area contributed by atoms with Crippen molar-refractivity contribution in [2.75, 3.05) is 28.7 Å². The lowest BCUT2D eigenvalue weighted by molar-refractivity contribution is 0.543. The Labute approximate surface area is 750 Å². The van der Waals surface area contributed by atoms with Gasteiger partial charge in [-0.1, -0.05) is 60.7 Å². The van der Waals surface area contributed by atoms with Crippen LogP contribution in [0, 0.1) is 119 Å². The van der Waals surface area contributed by atoms with E-state index in [-0.39, 0.29) is 57.6 Å². The van der Waals surface area contributed by atoms with Crippen LogP contribution in [0.3, 0.4) is 0 Å². The van der Waals surface area contributed by atoms with Gasteiger partial charge in [0.2, 0.25) is 0 Å². The van der Waals surface area contributed by atoms with E-state index in [1.54, 1.807) is 71.3 Å². The SMILES string of the molecule is Cc1ccsc1-c1nc(N)c(C#N)nc1-c1ccc2ncccc2c1.Cc1coc(-c2nc(N)c(C#N)nc2-c2ccc3ncccc3c2)c1C.Cc1csc(-c2nc(N)c(C#N)nc2-c2ccc3ncccc3c2)c1.Cc1csc(-c2nc(N)c(C#N)nc2-c2ccc3ncccc3c2)c1C.Cc1oc(-c2nc(N)c(C#N)nc2-c2ccc3ncccc3c2)c(C)c1C. The zero-order valence-corrected chi connectivity index (χ0v) is 73.1. The monoisotopic (exact) mass is 1740 g/mol. The van der Waals surface area contributed by atoms with Crippen LogP contribution in [-0.4, -0.2) is 74.8 Å². The van der Waals surface area contributed by atoms with E-state index in [9.17, 15) is 26.3 Å². The lowest BCUT2D eigenvalue weighted by Crippen LogP contribution is -2.03. The number of hydrogen-bond donors (Lipinski definition) is 5. The van der Waals surface area contributed by atoms with E-state index in [4.69, 9.17) is 37.5 Å². The topological polar surface area (TPSA) is 469 Å². The molecule has 10 N–H and O–H groups in total. The van der Waals surface area contributed by atoms with Gasteiger partial charge in [0.15, 0.2) is 69.1 Å². The first-order chi connectivity index (χ1) is 62.5. The minimum absolute atomic E-state index is 0.0853. The summed E-state index contributed by atoms with van der Waals surface area (Å²) in [4.78, 5) is 69.6. The molecular formula is C99H73N25O2S3. The van der Waals surface area contributed by atoms with Crippen molar-refractivity contribution in [3.05, 3.63) is 296 Å². The van der Waals surface area contributed by atoms with Gasteiger partial charge in [-0.2, -0.15) is 26.3 Å². The summed E-state index contributed by atoms with van der Waals surface area (Å²) < 4.78 is 11.7. The van der Waals surface area contributed by atoms with Gasteiger partial charge in [0.1, 0.15) is 76.0 Å². The van der Waals surface area contributed by atoms with E-state index < -0.39 is 0 Å². The molecule has 30 heteroatoms. The van der Waals surface area contributed by atoms with Crippen LogP contribution in [0.1, 0.15) is 78.7 Å². The minimum atomic E-state index is 0.0853. The zero-order chi connectivity index (χ0) is 90.4. The van der Waals surface area contributed by atoms with Crippen molar-refractivity contribution in [3.63, 3.8) is 0 Å². The number of aryl methyl sites for hydroxylation is 5. The highest BCUT2D eigenvalue weighted by molar-refractivity contribution is 7.14. The number of rotatable bonds is 10. The Kier molecular flexibility index (Phi) is 24.2. The van der Waals surface area contributed by atoms with Crippen LogP contribution >= 0.6 is 34.0 Å². The Bertz CT molecular complexity index is 7880. The van der Waals surface area contributed by atoms with Crippen molar-refractivity contribution < 1.29 is 8.83 Å². The third-order valence-electron chi connectivity index (χ3n) is 21.5. The fraction of sp³-hybridized carbons (Fsp3) is 0.0909. The first kappa shape index (κ1) is 85.2. The highest BCUT2D eigenvalue weighted by atomic mass is 32.1. The quantitative estimate of drug-likeness (QED) is 0.0849. The van der Waals surface area contributed by atoms with E-state index in [1.807, 2.05) is 248 Å². The number of benzene rings is 5. The Morgan fingerprint density at radius 2 is 0.636 bits per heavy atom. The molecule has 0 radical (unpaired) electrons. The molecule has 20 rings (SSSR count). The van der Waals surface area contributed by atoms with Crippen molar-refractivity contribution in [3.8, 4) is 141 Å². The van der Waals surface area contributed by atoms with Gasteiger partial charge in [0.05, 0.1) is 65.6 Å². The molecule has 0 fully saturated rings. The van der Waals surface area contributed by atoms with Crippen molar-refractivity contribution in [1.29, 1.82) is 26.3 Å². The van der Waals surface area contributed by atoms with Crippen LogP contribution in [0.15, 0.2) is 226 Å². The maximum absolute atomic E-state index is 9.36. The molecule has 0 spiro atoms. The molecule has 0 saturated heterocycles. The molecule has 5 aromatic carbocycles. The number of nitrogen functional groups attached to an aromatic ring is 5. The van der Waals surface area contributed by atoms with Crippen LogP contribution in [0.2, 0.25) is 0 Å². The van der Waals surface area contributed by atoms with E-state index in [0.29, 0.717) is 68.5 Å². The number of nitrogens with two attached hydrogens (primary N) is 5. The van der Waals surface area contributed by atoms with Crippen LogP contribution in [0.25, 0.3) is 165 Å². The highest BCUT2D eigenvalue weighted by Gasteiger charge is 2.27. The molecule has 624 valence electrons. The van der Waals surface area contributed by atoms with Gasteiger partial charge >= 0.3 is 0 Å². The number of nitriles is 5. The Balaban J connectivity index is 0.000000118. The second-order valence-corrected chi connectivity index (χ2v) is 32.5. The molecule has 27 nitrogen and oxygen atoms in total. The molecule has 0 bridgehead atoms. The van der Waals surface area contributed by atoms with E-state index in [1.165, 1.54) is 5.56 Å². The van der Waals surface area contributed by atoms with Crippen LogP contribution in [0.4, 0.5) is 29.1 Å². The molecule has 0 unspecified atom stereocenters. The van der Waals surface area contributed by atoms with Gasteiger partial charge in [-0.15, -0.1) is 34.0 Å².